The maximum atomic E-state index is 11.7. The standard InChI is InChI=1S/C15H13NO3/c1-11(17)16-13-7-4-12(5-8-13)6-9-14(18)15-3-2-10-19-15/h2-10H,1H3,(H,16,17)/b9-6+. The van der Waals surface area contributed by atoms with E-state index in [1.54, 1.807) is 30.3 Å². The van der Waals surface area contributed by atoms with Crippen LogP contribution < -0.4 is 5.32 Å². The number of amides is 1. The van der Waals surface area contributed by atoms with Crippen LogP contribution in [-0.2, 0) is 4.79 Å². The third-order valence-corrected chi connectivity index (χ3v) is 2.42. The van der Waals surface area contributed by atoms with Crippen LogP contribution in [0.1, 0.15) is 23.0 Å². The number of carbonyl (C=O) groups excluding carboxylic acids is 2. The second-order valence-corrected chi connectivity index (χ2v) is 3.98. The molecule has 0 fully saturated rings. The molecule has 2 rings (SSSR count). The van der Waals surface area contributed by atoms with Gasteiger partial charge in [-0.15, -0.1) is 0 Å². The first kappa shape index (κ1) is 12.8. The van der Waals surface area contributed by atoms with E-state index in [-0.39, 0.29) is 11.7 Å². The first-order chi connectivity index (χ1) is 9.15. The van der Waals surface area contributed by atoms with Crippen LogP contribution in [0.2, 0.25) is 0 Å². The monoisotopic (exact) mass is 255 g/mol. The minimum atomic E-state index is -0.184. The molecule has 1 heterocycles. The first-order valence-electron chi connectivity index (χ1n) is 5.79. The summed E-state index contributed by atoms with van der Waals surface area (Å²) in [6.45, 7) is 1.45. The molecule has 2 aromatic rings. The minimum Gasteiger partial charge on any atom is -0.461 e. The average molecular weight is 255 g/mol. The first-order valence-corrected chi connectivity index (χ1v) is 5.79. The molecule has 0 aliphatic rings. The Hall–Kier alpha value is -2.62. The predicted octanol–water partition coefficient (Wildman–Crippen LogP) is 3.13. The molecule has 0 aliphatic carbocycles. The number of carbonyl (C=O) groups is 2. The lowest BCUT2D eigenvalue weighted by Crippen LogP contribution is -2.05. The van der Waals surface area contributed by atoms with E-state index in [1.807, 2.05) is 12.1 Å². The maximum absolute atomic E-state index is 11.7. The molecule has 0 bridgehead atoms. The van der Waals surface area contributed by atoms with Crippen LogP contribution in [0.5, 0.6) is 0 Å². The van der Waals surface area contributed by atoms with E-state index in [1.165, 1.54) is 19.3 Å². The fourth-order valence-corrected chi connectivity index (χ4v) is 1.55. The van der Waals surface area contributed by atoms with E-state index in [0.29, 0.717) is 5.76 Å². The van der Waals surface area contributed by atoms with Crippen molar-refractivity contribution in [3.8, 4) is 0 Å². The number of benzene rings is 1. The number of ketones is 1. The molecule has 4 nitrogen and oxygen atoms in total. The summed E-state index contributed by atoms with van der Waals surface area (Å²) in [5.41, 5.74) is 1.59. The molecule has 1 aromatic heterocycles. The zero-order valence-corrected chi connectivity index (χ0v) is 10.4. The van der Waals surface area contributed by atoms with Gasteiger partial charge in [0.25, 0.3) is 0 Å². The van der Waals surface area contributed by atoms with Crippen molar-refractivity contribution in [3.05, 3.63) is 60.1 Å². The quantitative estimate of drug-likeness (QED) is 0.674. The van der Waals surface area contributed by atoms with E-state index in [4.69, 9.17) is 4.42 Å². The van der Waals surface area contributed by atoms with Crippen LogP contribution in [0.25, 0.3) is 6.08 Å². The molecule has 1 N–H and O–H groups in total. The molecule has 1 aromatic carbocycles. The van der Waals surface area contributed by atoms with Gasteiger partial charge < -0.3 is 9.73 Å². The molecule has 0 aliphatic heterocycles. The van der Waals surface area contributed by atoms with Crippen molar-refractivity contribution < 1.29 is 14.0 Å². The van der Waals surface area contributed by atoms with Gasteiger partial charge in [0.15, 0.2) is 5.76 Å². The molecule has 4 heteroatoms. The Kier molecular flexibility index (Phi) is 3.93. The third-order valence-electron chi connectivity index (χ3n) is 2.42. The molecule has 19 heavy (non-hydrogen) atoms. The Morgan fingerprint density at radius 2 is 1.89 bits per heavy atom. The van der Waals surface area contributed by atoms with Crippen molar-refractivity contribution in [2.75, 3.05) is 5.32 Å². The van der Waals surface area contributed by atoms with Gasteiger partial charge in [0, 0.05) is 12.6 Å². The van der Waals surface area contributed by atoms with Gasteiger partial charge >= 0.3 is 0 Å². The molecular weight excluding hydrogens is 242 g/mol. The molecule has 0 saturated heterocycles. The molecule has 1 amide bonds. The number of hydrogen-bond donors (Lipinski definition) is 1. The Balaban J connectivity index is 2.03. The van der Waals surface area contributed by atoms with Crippen LogP contribution in [0.3, 0.4) is 0 Å². The lowest BCUT2D eigenvalue weighted by molar-refractivity contribution is -0.114. The second kappa shape index (κ2) is 5.82. The fourth-order valence-electron chi connectivity index (χ4n) is 1.55. The molecule has 0 atom stereocenters. The van der Waals surface area contributed by atoms with Gasteiger partial charge in [-0.25, -0.2) is 0 Å². The average Bonchev–Trinajstić information content (AvgIpc) is 2.91. The van der Waals surface area contributed by atoms with Gasteiger partial charge in [-0.05, 0) is 35.9 Å². The summed E-state index contributed by atoms with van der Waals surface area (Å²) in [7, 11) is 0. The van der Waals surface area contributed by atoms with Crippen LogP contribution in [0, 0.1) is 0 Å². The predicted molar refractivity (Wildman–Crippen MR) is 72.8 cm³/mol. The van der Waals surface area contributed by atoms with Crippen LogP contribution in [-0.4, -0.2) is 11.7 Å². The molecule has 0 saturated carbocycles. The molecule has 0 unspecified atom stereocenters. The SMILES string of the molecule is CC(=O)Nc1ccc(/C=C/C(=O)c2ccco2)cc1. The Morgan fingerprint density at radius 1 is 1.16 bits per heavy atom. The number of hydrogen-bond acceptors (Lipinski definition) is 3. The summed E-state index contributed by atoms with van der Waals surface area (Å²) in [5, 5.41) is 2.67. The van der Waals surface area contributed by atoms with Crippen molar-refractivity contribution in [2.45, 2.75) is 6.92 Å². The molecule has 96 valence electrons. The smallest absolute Gasteiger partial charge is 0.221 e. The summed E-state index contributed by atoms with van der Waals surface area (Å²) >= 11 is 0. The Bertz CT molecular complexity index is 595. The van der Waals surface area contributed by atoms with Crippen LogP contribution in [0.4, 0.5) is 5.69 Å². The largest absolute Gasteiger partial charge is 0.461 e. The van der Waals surface area contributed by atoms with E-state index in [0.717, 1.165) is 11.3 Å². The van der Waals surface area contributed by atoms with Crippen molar-refractivity contribution in [3.63, 3.8) is 0 Å². The van der Waals surface area contributed by atoms with Gasteiger partial charge in [0.05, 0.1) is 6.26 Å². The highest BCUT2D eigenvalue weighted by Gasteiger charge is 2.03. The summed E-state index contributed by atoms with van der Waals surface area (Å²) in [6, 6.07) is 10.5. The second-order valence-electron chi connectivity index (χ2n) is 3.98. The molecular formula is C15H13NO3. The topological polar surface area (TPSA) is 59.3 Å². The molecule has 0 radical (unpaired) electrons. The number of furan rings is 1. The minimum absolute atomic E-state index is 0.115. The highest BCUT2D eigenvalue weighted by Crippen LogP contribution is 2.11. The van der Waals surface area contributed by atoms with Crippen molar-refractivity contribution >= 4 is 23.5 Å². The van der Waals surface area contributed by atoms with Gasteiger partial charge in [-0.3, -0.25) is 9.59 Å². The zero-order valence-electron chi connectivity index (χ0n) is 10.4. The summed E-state index contributed by atoms with van der Waals surface area (Å²) in [4.78, 5) is 22.5. The Morgan fingerprint density at radius 3 is 2.47 bits per heavy atom. The van der Waals surface area contributed by atoms with Gasteiger partial charge in [-0.1, -0.05) is 18.2 Å². The third kappa shape index (κ3) is 3.67. The van der Waals surface area contributed by atoms with Gasteiger partial charge in [-0.2, -0.15) is 0 Å². The van der Waals surface area contributed by atoms with Crippen LogP contribution >= 0.6 is 0 Å². The maximum Gasteiger partial charge on any atom is 0.221 e. The number of anilines is 1. The normalized spacial score (nSPS) is 10.6. The number of nitrogens with one attached hydrogen (secondary N) is 1. The summed E-state index contributed by atoms with van der Waals surface area (Å²) in [6.07, 6.45) is 4.61. The van der Waals surface area contributed by atoms with E-state index in [2.05, 4.69) is 5.32 Å². The van der Waals surface area contributed by atoms with Gasteiger partial charge in [0.1, 0.15) is 0 Å². The molecule has 0 spiro atoms. The van der Waals surface area contributed by atoms with Crippen molar-refractivity contribution in [1.29, 1.82) is 0 Å². The fraction of sp³-hybridized carbons (Fsp3) is 0.0667. The van der Waals surface area contributed by atoms with E-state index in [9.17, 15) is 9.59 Å². The van der Waals surface area contributed by atoms with Crippen molar-refractivity contribution in [2.24, 2.45) is 0 Å². The number of rotatable bonds is 4. The lowest BCUT2D eigenvalue weighted by atomic mass is 10.1. The number of allylic oxidation sites excluding steroid dienone is 1. The lowest BCUT2D eigenvalue weighted by Gasteiger charge is -2.01. The van der Waals surface area contributed by atoms with Gasteiger partial charge in [0.2, 0.25) is 11.7 Å². The summed E-state index contributed by atoms with van der Waals surface area (Å²) < 4.78 is 5.00. The van der Waals surface area contributed by atoms with E-state index < -0.39 is 0 Å². The van der Waals surface area contributed by atoms with E-state index >= 15 is 0 Å². The Labute approximate surface area is 110 Å². The van der Waals surface area contributed by atoms with Crippen LogP contribution in [0.15, 0.2) is 53.2 Å². The highest BCUT2D eigenvalue weighted by atomic mass is 16.3. The van der Waals surface area contributed by atoms with Crippen molar-refractivity contribution in [1.82, 2.24) is 0 Å². The zero-order chi connectivity index (χ0) is 13.7. The summed E-state index contributed by atoms with van der Waals surface area (Å²) in [5.74, 6) is 0.0124. The highest BCUT2D eigenvalue weighted by molar-refractivity contribution is 6.04.